The number of phenols is 1. The van der Waals surface area contributed by atoms with Crippen LogP contribution in [0.3, 0.4) is 0 Å². The van der Waals surface area contributed by atoms with Crippen molar-refractivity contribution in [1.29, 1.82) is 0 Å². The van der Waals surface area contributed by atoms with E-state index in [0.717, 1.165) is 5.56 Å². The molecule has 138 valence electrons. The van der Waals surface area contributed by atoms with Gasteiger partial charge in [-0.3, -0.25) is 9.59 Å². The fraction of sp³-hybridized carbons (Fsp3) is 0.222. The zero-order valence-electron chi connectivity index (χ0n) is 13.8. The lowest BCUT2D eigenvalue weighted by Gasteiger charge is -2.12. The van der Waals surface area contributed by atoms with Crippen molar-refractivity contribution >= 4 is 11.9 Å². The quantitative estimate of drug-likeness (QED) is 0.468. The molecule has 0 spiro atoms. The predicted molar refractivity (Wildman–Crippen MR) is 93.3 cm³/mol. The van der Waals surface area contributed by atoms with Crippen LogP contribution in [0.5, 0.6) is 17.2 Å². The van der Waals surface area contributed by atoms with Crippen LogP contribution in [-0.2, 0) is 22.4 Å². The molecule has 2 rings (SSSR count). The first-order valence-electron chi connectivity index (χ1n) is 7.81. The molecule has 26 heavy (non-hydrogen) atoms. The zero-order chi connectivity index (χ0) is 19.3. The van der Waals surface area contributed by atoms with Gasteiger partial charge in [0.15, 0.2) is 11.5 Å². The summed E-state index contributed by atoms with van der Waals surface area (Å²) in [5.74, 6) is -1.71. The molecular formula is C18H20N2O6. The van der Waals surface area contributed by atoms with E-state index >= 15 is 0 Å². The van der Waals surface area contributed by atoms with Gasteiger partial charge in [0, 0.05) is 0 Å². The maximum Gasteiger partial charge on any atom is 0.320 e. The summed E-state index contributed by atoms with van der Waals surface area (Å²) >= 11 is 0. The van der Waals surface area contributed by atoms with E-state index in [1.54, 1.807) is 30.3 Å². The summed E-state index contributed by atoms with van der Waals surface area (Å²) in [5, 5.41) is 27.6. The first-order chi connectivity index (χ1) is 12.3. The van der Waals surface area contributed by atoms with Gasteiger partial charge >= 0.3 is 11.9 Å². The van der Waals surface area contributed by atoms with E-state index in [2.05, 4.69) is 0 Å². The lowest BCUT2D eigenvalue weighted by atomic mass is 10.1. The molecule has 2 atom stereocenters. The monoisotopic (exact) mass is 360 g/mol. The molecule has 0 aliphatic rings. The molecule has 0 fully saturated rings. The fourth-order valence-electron chi connectivity index (χ4n) is 2.27. The number of hydrogen-bond donors (Lipinski definition) is 5. The summed E-state index contributed by atoms with van der Waals surface area (Å²) in [6, 6.07) is 9.07. The minimum absolute atomic E-state index is 0.0952. The van der Waals surface area contributed by atoms with Gasteiger partial charge in [0.25, 0.3) is 0 Å². The Morgan fingerprint density at radius 3 is 1.92 bits per heavy atom. The van der Waals surface area contributed by atoms with Gasteiger partial charge in [-0.2, -0.15) is 0 Å². The van der Waals surface area contributed by atoms with Gasteiger partial charge in [0.05, 0.1) is 0 Å². The number of aliphatic carboxylic acids is 2. The van der Waals surface area contributed by atoms with Crippen molar-refractivity contribution in [3.63, 3.8) is 0 Å². The highest BCUT2D eigenvalue weighted by Crippen LogP contribution is 2.32. The standard InChI is InChI=1S/C18H20N2O6/c19-13(17(22)23)7-10-1-4-12(5-2-10)26-16-9-11(3-6-15(16)21)8-14(20)18(24)25/h1-6,9,13-14,21H,7-8,19-20H2,(H,22,23)(H,24,25). The molecule has 0 aliphatic carbocycles. The first-order valence-corrected chi connectivity index (χ1v) is 7.81. The molecule has 0 aromatic heterocycles. The number of aromatic hydroxyl groups is 1. The first kappa shape index (κ1) is 19.2. The zero-order valence-corrected chi connectivity index (χ0v) is 13.8. The third kappa shape index (κ3) is 5.20. The molecule has 7 N–H and O–H groups in total. The van der Waals surface area contributed by atoms with Crippen LogP contribution in [0.4, 0.5) is 0 Å². The molecule has 0 saturated heterocycles. The van der Waals surface area contributed by atoms with E-state index in [1.165, 1.54) is 12.1 Å². The molecule has 0 bridgehead atoms. The molecule has 2 aromatic rings. The fourth-order valence-corrected chi connectivity index (χ4v) is 2.27. The maximum atomic E-state index is 10.8. The molecule has 8 nitrogen and oxygen atoms in total. The number of ether oxygens (including phenoxy) is 1. The highest BCUT2D eigenvalue weighted by Gasteiger charge is 2.15. The molecule has 0 saturated carbocycles. The summed E-state index contributed by atoms with van der Waals surface area (Å²) in [5.41, 5.74) is 12.3. The highest BCUT2D eigenvalue weighted by molar-refractivity contribution is 5.74. The van der Waals surface area contributed by atoms with Crippen LogP contribution in [0.15, 0.2) is 42.5 Å². The molecule has 0 aliphatic heterocycles. The minimum Gasteiger partial charge on any atom is -0.504 e. The predicted octanol–water partition coefficient (Wildman–Crippen LogP) is 1.09. The highest BCUT2D eigenvalue weighted by atomic mass is 16.5. The maximum absolute atomic E-state index is 10.8. The SMILES string of the molecule is NC(Cc1ccc(Oc2cc(CC(N)C(=O)O)ccc2O)cc1)C(=O)O. The van der Waals surface area contributed by atoms with Crippen LogP contribution in [-0.4, -0.2) is 39.3 Å². The Bertz CT molecular complexity index is 791. The third-order valence-electron chi connectivity index (χ3n) is 3.72. The third-order valence-corrected chi connectivity index (χ3v) is 3.72. The minimum atomic E-state index is -1.12. The van der Waals surface area contributed by atoms with Crippen LogP contribution in [0.1, 0.15) is 11.1 Å². The Morgan fingerprint density at radius 1 is 0.885 bits per heavy atom. The van der Waals surface area contributed by atoms with Crippen molar-refractivity contribution in [2.24, 2.45) is 11.5 Å². The Labute approximate surface area is 149 Å². The number of nitrogens with two attached hydrogens (primary N) is 2. The Balaban J connectivity index is 2.10. The molecule has 0 radical (unpaired) electrons. The van der Waals surface area contributed by atoms with Gasteiger partial charge in [-0.15, -0.1) is 0 Å². The van der Waals surface area contributed by atoms with Crippen LogP contribution in [0, 0.1) is 0 Å². The average molecular weight is 360 g/mol. The molecule has 8 heteroatoms. The summed E-state index contributed by atoms with van der Waals surface area (Å²) in [7, 11) is 0. The second-order valence-corrected chi connectivity index (χ2v) is 5.85. The molecule has 2 aromatic carbocycles. The van der Waals surface area contributed by atoms with E-state index in [-0.39, 0.29) is 24.3 Å². The normalized spacial score (nSPS) is 13.0. The van der Waals surface area contributed by atoms with E-state index in [9.17, 15) is 14.7 Å². The number of carboxylic acid groups (broad SMARTS) is 2. The summed E-state index contributed by atoms with van der Waals surface area (Å²) in [6.45, 7) is 0. The van der Waals surface area contributed by atoms with Crippen molar-refractivity contribution in [2.75, 3.05) is 0 Å². The number of benzene rings is 2. The van der Waals surface area contributed by atoms with Crippen molar-refractivity contribution in [2.45, 2.75) is 24.9 Å². The summed E-state index contributed by atoms with van der Waals surface area (Å²) < 4.78 is 5.61. The van der Waals surface area contributed by atoms with Gasteiger partial charge in [0.1, 0.15) is 17.8 Å². The number of phenolic OH excluding ortho intramolecular Hbond substituents is 1. The summed E-state index contributed by atoms with van der Waals surface area (Å²) in [6.07, 6.45) is 0.279. The number of carboxylic acids is 2. The number of carbonyl (C=O) groups is 2. The van der Waals surface area contributed by atoms with Crippen molar-refractivity contribution in [3.05, 3.63) is 53.6 Å². The van der Waals surface area contributed by atoms with Crippen molar-refractivity contribution in [3.8, 4) is 17.2 Å². The second-order valence-electron chi connectivity index (χ2n) is 5.85. The van der Waals surface area contributed by atoms with E-state index in [1.807, 2.05) is 0 Å². The van der Waals surface area contributed by atoms with Gasteiger partial charge < -0.3 is 31.5 Å². The molecular weight excluding hydrogens is 340 g/mol. The van der Waals surface area contributed by atoms with Crippen LogP contribution >= 0.6 is 0 Å². The van der Waals surface area contributed by atoms with E-state index in [4.69, 9.17) is 26.4 Å². The lowest BCUT2D eigenvalue weighted by molar-refractivity contribution is -0.139. The molecule has 0 heterocycles. The largest absolute Gasteiger partial charge is 0.504 e. The van der Waals surface area contributed by atoms with Crippen LogP contribution < -0.4 is 16.2 Å². The second kappa shape index (κ2) is 8.32. The smallest absolute Gasteiger partial charge is 0.320 e. The number of rotatable bonds is 8. The van der Waals surface area contributed by atoms with E-state index < -0.39 is 24.0 Å². The Hall–Kier alpha value is -3.10. The van der Waals surface area contributed by atoms with Crippen LogP contribution in [0.2, 0.25) is 0 Å². The van der Waals surface area contributed by atoms with Gasteiger partial charge in [-0.25, -0.2) is 0 Å². The molecule has 0 amide bonds. The number of hydrogen-bond acceptors (Lipinski definition) is 6. The Morgan fingerprint density at radius 2 is 1.38 bits per heavy atom. The van der Waals surface area contributed by atoms with E-state index in [0.29, 0.717) is 11.3 Å². The average Bonchev–Trinajstić information content (AvgIpc) is 2.59. The van der Waals surface area contributed by atoms with Gasteiger partial charge in [-0.05, 0) is 48.2 Å². The lowest BCUT2D eigenvalue weighted by Crippen LogP contribution is -2.32. The van der Waals surface area contributed by atoms with Gasteiger partial charge in [-0.1, -0.05) is 18.2 Å². The summed E-state index contributed by atoms with van der Waals surface area (Å²) in [4.78, 5) is 21.6. The van der Waals surface area contributed by atoms with Gasteiger partial charge in [0.2, 0.25) is 0 Å². The van der Waals surface area contributed by atoms with Crippen molar-refractivity contribution < 1.29 is 29.6 Å². The topological polar surface area (TPSA) is 156 Å². The molecule has 2 unspecified atom stereocenters. The van der Waals surface area contributed by atoms with Crippen molar-refractivity contribution in [1.82, 2.24) is 0 Å². The van der Waals surface area contributed by atoms with Crippen LogP contribution in [0.25, 0.3) is 0 Å². The Kier molecular flexibility index (Phi) is 6.16.